The molecule has 2 aromatic rings. The van der Waals surface area contributed by atoms with Gasteiger partial charge in [-0.2, -0.15) is 5.26 Å². The highest BCUT2D eigenvalue weighted by molar-refractivity contribution is 9.11. The van der Waals surface area contributed by atoms with Crippen LogP contribution in [-0.4, -0.2) is 4.98 Å². The molecule has 1 N–H and O–H groups in total. The number of nitrogens with zero attached hydrogens (tertiary/aromatic N) is 2. The predicted octanol–water partition coefficient (Wildman–Crippen LogP) is 4.74. The lowest BCUT2D eigenvalue weighted by Gasteiger charge is -2.08. The minimum atomic E-state index is 0.453. The second-order valence-electron chi connectivity index (χ2n) is 3.74. The van der Waals surface area contributed by atoms with Crippen molar-refractivity contribution in [1.82, 2.24) is 4.98 Å². The van der Waals surface area contributed by atoms with Gasteiger partial charge < -0.3 is 5.32 Å². The molecule has 96 valence electrons. The van der Waals surface area contributed by atoms with Crippen molar-refractivity contribution >= 4 is 49.1 Å². The maximum absolute atomic E-state index is 8.92. The first-order chi connectivity index (χ1) is 9.10. The number of halogens is 3. The predicted molar refractivity (Wildman–Crippen MR) is 83.1 cm³/mol. The van der Waals surface area contributed by atoms with Crippen molar-refractivity contribution in [2.45, 2.75) is 6.54 Å². The smallest absolute Gasteiger partial charge is 0.101 e. The van der Waals surface area contributed by atoms with Crippen molar-refractivity contribution < 1.29 is 0 Å². The first-order valence-corrected chi connectivity index (χ1v) is 7.30. The lowest BCUT2D eigenvalue weighted by atomic mass is 10.2. The molecule has 0 spiro atoms. The Bertz CT molecular complexity index is 653. The molecular weight excluding hydrogens is 393 g/mol. The molecule has 0 bridgehead atoms. The number of aromatic nitrogens is 1. The summed E-state index contributed by atoms with van der Waals surface area (Å²) in [7, 11) is 0. The van der Waals surface area contributed by atoms with Gasteiger partial charge in [-0.15, -0.1) is 0 Å². The standard InChI is InChI=1S/C13H8Br2ClN3/c14-9-4-11(15)13(19-6-9)7-18-10-1-2-12(16)8(3-10)5-17/h1-4,6,18H,7H2. The van der Waals surface area contributed by atoms with Gasteiger partial charge in [-0.05, 0) is 56.1 Å². The zero-order valence-electron chi connectivity index (χ0n) is 9.62. The van der Waals surface area contributed by atoms with Gasteiger partial charge in [0.25, 0.3) is 0 Å². The van der Waals surface area contributed by atoms with Gasteiger partial charge in [0.2, 0.25) is 0 Å². The maximum atomic E-state index is 8.92. The second-order valence-corrected chi connectivity index (χ2v) is 5.92. The fourth-order valence-corrected chi connectivity index (χ4v) is 2.77. The van der Waals surface area contributed by atoms with Crippen molar-refractivity contribution in [3.05, 3.63) is 55.7 Å². The third kappa shape index (κ3) is 3.69. The molecule has 0 saturated heterocycles. The molecule has 0 saturated carbocycles. The Balaban J connectivity index is 2.13. The number of nitriles is 1. The number of anilines is 1. The van der Waals surface area contributed by atoms with Crippen LogP contribution in [0.2, 0.25) is 5.02 Å². The van der Waals surface area contributed by atoms with Gasteiger partial charge in [0.1, 0.15) is 6.07 Å². The van der Waals surface area contributed by atoms with E-state index in [9.17, 15) is 0 Å². The molecule has 1 aromatic carbocycles. The Kier molecular flexibility index (Phi) is 4.81. The van der Waals surface area contributed by atoms with Crippen LogP contribution >= 0.6 is 43.5 Å². The van der Waals surface area contributed by atoms with Crippen LogP contribution in [0, 0.1) is 11.3 Å². The van der Waals surface area contributed by atoms with Crippen LogP contribution in [-0.2, 0) is 6.54 Å². The molecule has 0 aliphatic carbocycles. The molecule has 1 aromatic heterocycles. The van der Waals surface area contributed by atoms with E-state index in [0.29, 0.717) is 17.1 Å². The van der Waals surface area contributed by atoms with Crippen LogP contribution in [0.25, 0.3) is 0 Å². The summed E-state index contributed by atoms with van der Waals surface area (Å²) in [6.45, 7) is 0.556. The molecule has 0 radical (unpaired) electrons. The lowest BCUT2D eigenvalue weighted by molar-refractivity contribution is 1.03. The van der Waals surface area contributed by atoms with E-state index in [1.807, 2.05) is 18.2 Å². The summed E-state index contributed by atoms with van der Waals surface area (Å²) >= 11 is 12.7. The van der Waals surface area contributed by atoms with Crippen LogP contribution in [0.5, 0.6) is 0 Å². The number of benzene rings is 1. The zero-order valence-corrected chi connectivity index (χ0v) is 13.6. The van der Waals surface area contributed by atoms with E-state index < -0.39 is 0 Å². The molecule has 0 atom stereocenters. The summed E-state index contributed by atoms with van der Waals surface area (Å²) in [6.07, 6.45) is 1.74. The summed E-state index contributed by atoms with van der Waals surface area (Å²) in [5, 5.41) is 12.6. The number of rotatable bonds is 3. The van der Waals surface area contributed by atoms with Gasteiger partial charge >= 0.3 is 0 Å². The molecular formula is C13H8Br2ClN3. The third-order valence-electron chi connectivity index (χ3n) is 2.43. The van der Waals surface area contributed by atoms with Crippen molar-refractivity contribution in [2.24, 2.45) is 0 Å². The SMILES string of the molecule is N#Cc1cc(NCc2ncc(Br)cc2Br)ccc1Cl. The summed E-state index contributed by atoms with van der Waals surface area (Å²) in [5.41, 5.74) is 2.17. The first kappa shape index (κ1) is 14.3. The summed E-state index contributed by atoms with van der Waals surface area (Å²) in [6, 6.07) is 9.23. The van der Waals surface area contributed by atoms with Crippen molar-refractivity contribution in [3.8, 4) is 6.07 Å². The minimum absolute atomic E-state index is 0.453. The van der Waals surface area contributed by atoms with E-state index >= 15 is 0 Å². The van der Waals surface area contributed by atoms with Gasteiger partial charge in [0.15, 0.2) is 0 Å². The third-order valence-corrected chi connectivity index (χ3v) is 3.88. The van der Waals surface area contributed by atoms with Crippen molar-refractivity contribution in [3.63, 3.8) is 0 Å². The molecule has 0 aliphatic heterocycles. The quantitative estimate of drug-likeness (QED) is 0.808. The average Bonchev–Trinajstić information content (AvgIpc) is 2.39. The van der Waals surface area contributed by atoms with Crippen LogP contribution in [0.15, 0.2) is 39.4 Å². The van der Waals surface area contributed by atoms with E-state index in [1.165, 1.54) is 0 Å². The zero-order chi connectivity index (χ0) is 13.8. The van der Waals surface area contributed by atoms with Gasteiger partial charge in [-0.1, -0.05) is 11.6 Å². The molecule has 0 aliphatic rings. The molecule has 2 rings (SSSR count). The summed E-state index contributed by atoms with van der Waals surface area (Å²) in [4.78, 5) is 4.31. The van der Waals surface area contributed by atoms with Gasteiger partial charge in [0.05, 0.1) is 22.8 Å². The summed E-state index contributed by atoms with van der Waals surface area (Å²) < 4.78 is 1.84. The highest BCUT2D eigenvalue weighted by atomic mass is 79.9. The lowest BCUT2D eigenvalue weighted by Crippen LogP contribution is -2.02. The second kappa shape index (κ2) is 6.38. The largest absolute Gasteiger partial charge is 0.379 e. The number of pyridine rings is 1. The fraction of sp³-hybridized carbons (Fsp3) is 0.0769. The highest BCUT2D eigenvalue weighted by Gasteiger charge is 2.04. The molecule has 0 amide bonds. The van der Waals surface area contributed by atoms with E-state index in [0.717, 1.165) is 20.3 Å². The minimum Gasteiger partial charge on any atom is -0.379 e. The molecule has 6 heteroatoms. The number of nitrogens with one attached hydrogen (secondary N) is 1. The highest BCUT2D eigenvalue weighted by Crippen LogP contribution is 2.22. The van der Waals surface area contributed by atoms with E-state index in [2.05, 4.69) is 42.2 Å². The van der Waals surface area contributed by atoms with Crippen molar-refractivity contribution in [1.29, 1.82) is 5.26 Å². The number of hydrogen-bond donors (Lipinski definition) is 1. The molecule has 1 heterocycles. The molecule has 3 nitrogen and oxygen atoms in total. The number of hydrogen-bond acceptors (Lipinski definition) is 3. The van der Waals surface area contributed by atoms with E-state index in [4.69, 9.17) is 16.9 Å². The Labute approximate surface area is 132 Å². The van der Waals surface area contributed by atoms with Gasteiger partial charge in [-0.25, -0.2) is 0 Å². The van der Waals surface area contributed by atoms with Crippen LogP contribution < -0.4 is 5.32 Å². The molecule has 19 heavy (non-hydrogen) atoms. The van der Waals surface area contributed by atoms with Gasteiger partial charge in [-0.3, -0.25) is 4.98 Å². The fourth-order valence-electron chi connectivity index (χ4n) is 1.48. The Hall–Kier alpha value is -1.09. The van der Waals surface area contributed by atoms with E-state index in [1.54, 1.807) is 18.3 Å². The van der Waals surface area contributed by atoms with Crippen molar-refractivity contribution in [2.75, 3.05) is 5.32 Å². The molecule has 0 fully saturated rings. The topological polar surface area (TPSA) is 48.7 Å². The van der Waals surface area contributed by atoms with E-state index in [-0.39, 0.29) is 0 Å². The Morgan fingerprint density at radius 3 is 2.79 bits per heavy atom. The van der Waals surface area contributed by atoms with Crippen LogP contribution in [0.3, 0.4) is 0 Å². The Morgan fingerprint density at radius 1 is 1.32 bits per heavy atom. The monoisotopic (exact) mass is 399 g/mol. The summed E-state index contributed by atoms with van der Waals surface area (Å²) in [5.74, 6) is 0. The van der Waals surface area contributed by atoms with Gasteiger partial charge in [0, 0.05) is 20.8 Å². The maximum Gasteiger partial charge on any atom is 0.101 e. The first-order valence-electron chi connectivity index (χ1n) is 5.33. The average molecular weight is 401 g/mol. The van der Waals surface area contributed by atoms with Crippen LogP contribution in [0.1, 0.15) is 11.3 Å². The van der Waals surface area contributed by atoms with Crippen LogP contribution in [0.4, 0.5) is 5.69 Å². The molecule has 0 unspecified atom stereocenters. The Morgan fingerprint density at radius 2 is 2.11 bits per heavy atom. The normalized spacial score (nSPS) is 10.0.